The highest BCUT2D eigenvalue weighted by Crippen LogP contribution is 2.31. The van der Waals surface area contributed by atoms with Crippen molar-refractivity contribution in [3.63, 3.8) is 0 Å². The molecule has 0 aliphatic carbocycles. The molecule has 2 heterocycles. The average molecular weight is 384 g/mol. The van der Waals surface area contributed by atoms with Gasteiger partial charge in [0.25, 0.3) is 5.91 Å². The minimum atomic E-state index is -0.741. The summed E-state index contributed by atoms with van der Waals surface area (Å²) < 4.78 is 19.9. The molecule has 0 spiro atoms. The summed E-state index contributed by atoms with van der Waals surface area (Å²) in [6.45, 7) is 3.02. The second-order valence-electron chi connectivity index (χ2n) is 6.18. The number of para-hydroxylation sites is 2. The summed E-state index contributed by atoms with van der Waals surface area (Å²) in [7, 11) is 1.64. The molecule has 27 heavy (non-hydrogen) atoms. The smallest absolute Gasteiger partial charge is 0.292 e. The van der Waals surface area contributed by atoms with E-state index >= 15 is 0 Å². The second-order valence-corrected chi connectivity index (χ2v) is 7.19. The maximum absolute atomic E-state index is 12.7. The van der Waals surface area contributed by atoms with Crippen LogP contribution in [-0.4, -0.2) is 30.3 Å². The van der Waals surface area contributed by atoms with Gasteiger partial charge in [-0.1, -0.05) is 30.4 Å². The van der Waals surface area contributed by atoms with Crippen LogP contribution >= 0.6 is 11.3 Å². The van der Waals surface area contributed by atoms with Gasteiger partial charge in [0.1, 0.15) is 12.4 Å². The number of fused-ring (bicyclic) bond motifs is 2. The van der Waals surface area contributed by atoms with E-state index in [1.165, 1.54) is 11.3 Å². The van der Waals surface area contributed by atoms with Gasteiger partial charge in [0, 0.05) is 12.6 Å². The predicted octanol–water partition coefficient (Wildman–Crippen LogP) is 3.39. The summed E-state index contributed by atoms with van der Waals surface area (Å²) in [5.41, 5.74) is 1.01. The van der Waals surface area contributed by atoms with Crippen molar-refractivity contribution in [1.82, 2.24) is 4.57 Å². The molecule has 2 aromatic carbocycles. The Morgan fingerprint density at radius 2 is 2.11 bits per heavy atom. The van der Waals surface area contributed by atoms with Crippen molar-refractivity contribution in [3.05, 3.63) is 47.3 Å². The van der Waals surface area contributed by atoms with E-state index in [9.17, 15) is 4.79 Å². The minimum absolute atomic E-state index is 0.159. The van der Waals surface area contributed by atoms with Crippen molar-refractivity contribution in [3.8, 4) is 17.2 Å². The summed E-state index contributed by atoms with van der Waals surface area (Å²) in [4.78, 5) is 17.8. The summed E-state index contributed by atoms with van der Waals surface area (Å²) in [6, 6.07) is 13.2. The van der Waals surface area contributed by atoms with Crippen LogP contribution in [0, 0.1) is 0 Å². The highest BCUT2D eigenvalue weighted by molar-refractivity contribution is 7.16. The first-order valence-corrected chi connectivity index (χ1v) is 9.65. The fourth-order valence-corrected chi connectivity index (χ4v) is 4.05. The molecule has 7 heteroatoms. The zero-order valence-electron chi connectivity index (χ0n) is 15.2. The van der Waals surface area contributed by atoms with Gasteiger partial charge in [0.2, 0.25) is 6.10 Å². The molecular weight excluding hydrogens is 364 g/mol. The molecule has 0 bridgehead atoms. The Kier molecular flexibility index (Phi) is 4.85. The van der Waals surface area contributed by atoms with E-state index in [-0.39, 0.29) is 12.5 Å². The normalized spacial score (nSPS) is 16.5. The van der Waals surface area contributed by atoms with Crippen molar-refractivity contribution in [2.45, 2.75) is 26.0 Å². The number of methoxy groups -OCH3 is 1. The number of nitrogens with zero attached hydrogens (tertiary/aromatic N) is 2. The average Bonchev–Trinajstić information content (AvgIpc) is 3.04. The largest absolute Gasteiger partial charge is 0.497 e. The number of thiazole rings is 1. The number of hydrogen-bond acceptors (Lipinski definition) is 5. The summed E-state index contributed by atoms with van der Waals surface area (Å²) in [5, 5.41) is 0. The van der Waals surface area contributed by atoms with Crippen molar-refractivity contribution < 1.29 is 19.0 Å². The van der Waals surface area contributed by atoms with Gasteiger partial charge in [-0.25, -0.2) is 0 Å². The van der Waals surface area contributed by atoms with Crippen molar-refractivity contribution >= 4 is 27.5 Å². The molecule has 1 aliphatic heterocycles. The Balaban J connectivity index is 1.70. The molecule has 0 unspecified atom stereocenters. The summed E-state index contributed by atoms with van der Waals surface area (Å²) in [6.07, 6.45) is 0.190. The fraction of sp³-hybridized carbons (Fsp3) is 0.300. The first-order chi connectivity index (χ1) is 13.2. The van der Waals surface area contributed by atoms with Gasteiger partial charge in [-0.15, -0.1) is 0 Å². The van der Waals surface area contributed by atoms with Gasteiger partial charge in [-0.3, -0.25) is 4.79 Å². The van der Waals surface area contributed by atoms with Crippen LogP contribution in [0.5, 0.6) is 17.2 Å². The number of ether oxygens (including phenoxy) is 3. The number of carbonyl (C=O) groups is 1. The first-order valence-electron chi connectivity index (χ1n) is 8.84. The molecule has 0 N–H and O–H groups in total. The van der Waals surface area contributed by atoms with E-state index in [0.29, 0.717) is 16.3 Å². The molecule has 140 valence electrons. The van der Waals surface area contributed by atoms with Gasteiger partial charge in [-0.2, -0.15) is 4.99 Å². The number of aryl methyl sites for hydroxylation is 1. The van der Waals surface area contributed by atoms with Crippen LogP contribution in [0.15, 0.2) is 47.5 Å². The van der Waals surface area contributed by atoms with Crippen molar-refractivity contribution in [2.24, 2.45) is 4.99 Å². The minimum Gasteiger partial charge on any atom is -0.497 e. The maximum atomic E-state index is 12.7. The molecule has 0 fully saturated rings. The van der Waals surface area contributed by atoms with Crippen LogP contribution in [0.4, 0.5) is 0 Å². The van der Waals surface area contributed by atoms with Crippen LogP contribution in [0.2, 0.25) is 0 Å². The number of hydrogen-bond donors (Lipinski definition) is 0. The van der Waals surface area contributed by atoms with Crippen molar-refractivity contribution in [1.29, 1.82) is 0 Å². The lowest BCUT2D eigenvalue weighted by Crippen LogP contribution is -2.36. The van der Waals surface area contributed by atoms with E-state index in [0.717, 1.165) is 28.9 Å². The van der Waals surface area contributed by atoms with Gasteiger partial charge in [0.15, 0.2) is 16.3 Å². The summed E-state index contributed by atoms with van der Waals surface area (Å²) >= 11 is 1.48. The van der Waals surface area contributed by atoms with Crippen LogP contribution in [0.3, 0.4) is 0 Å². The molecular formula is C20H20N2O4S. The molecule has 1 aliphatic rings. The van der Waals surface area contributed by atoms with E-state index in [4.69, 9.17) is 14.2 Å². The molecule has 0 radical (unpaired) electrons. The lowest BCUT2D eigenvalue weighted by atomic mass is 10.2. The molecule has 1 atom stereocenters. The number of amides is 1. The third-order valence-electron chi connectivity index (χ3n) is 4.33. The zero-order valence-corrected chi connectivity index (χ0v) is 16.0. The Hall–Kier alpha value is -2.80. The SMILES string of the molecule is CCCn1c(=NC(=O)[C@@H]2COc3ccccc3O2)sc2ccc(OC)cc21. The Morgan fingerprint density at radius 3 is 2.89 bits per heavy atom. The monoisotopic (exact) mass is 384 g/mol. The van der Waals surface area contributed by atoms with Crippen LogP contribution in [0.1, 0.15) is 13.3 Å². The van der Waals surface area contributed by atoms with Crippen LogP contribution in [0.25, 0.3) is 10.2 Å². The molecule has 1 aromatic heterocycles. The van der Waals surface area contributed by atoms with Crippen LogP contribution < -0.4 is 19.0 Å². The lowest BCUT2D eigenvalue weighted by Gasteiger charge is -2.23. The van der Waals surface area contributed by atoms with Crippen LogP contribution in [-0.2, 0) is 11.3 Å². The van der Waals surface area contributed by atoms with Crippen molar-refractivity contribution in [2.75, 3.05) is 13.7 Å². The molecule has 3 aromatic rings. The first kappa shape index (κ1) is 17.6. The zero-order chi connectivity index (χ0) is 18.8. The highest BCUT2D eigenvalue weighted by atomic mass is 32.1. The highest BCUT2D eigenvalue weighted by Gasteiger charge is 2.27. The van der Waals surface area contributed by atoms with Gasteiger partial charge in [0.05, 0.1) is 17.3 Å². The maximum Gasteiger partial charge on any atom is 0.292 e. The molecule has 4 rings (SSSR count). The van der Waals surface area contributed by atoms with E-state index in [2.05, 4.69) is 16.5 Å². The Labute approximate surface area is 160 Å². The quantitative estimate of drug-likeness (QED) is 0.692. The molecule has 0 saturated heterocycles. The molecule has 1 amide bonds. The van der Waals surface area contributed by atoms with Gasteiger partial charge in [-0.05, 0) is 30.7 Å². The van der Waals surface area contributed by atoms with Gasteiger partial charge >= 0.3 is 0 Å². The number of aromatic nitrogens is 1. The Morgan fingerprint density at radius 1 is 1.30 bits per heavy atom. The third kappa shape index (κ3) is 3.42. The molecule has 6 nitrogen and oxygen atoms in total. The van der Waals surface area contributed by atoms with Gasteiger partial charge < -0.3 is 18.8 Å². The topological polar surface area (TPSA) is 62.1 Å². The number of benzene rings is 2. The van der Waals surface area contributed by atoms with E-state index < -0.39 is 6.10 Å². The van der Waals surface area contributed by atoms with E-state index in [1.54, 1.807) is 13.2 Å². The number of carbonyl (C=O) groups excluding carboxylic acids is 1. The summed E-state index contributed by atoms with van der Waals surface area (Å²) in [5.74, 6) is 1.66. The lowest BCUT2D eigenvalue weighted by molar-refractivity contribution is -0.127. The number of rotatable bonds is 4. The second kappa shape index (κ2) is 7.44. The third-order valence-corrected chi connectivity index (χ3v) is 5.39. The Bertz CT molecular complexity index is 1050. The standard InChI is InChI=1S/C20H20N2O4S/c1-3-10-22-14-11-13(24-2)8-9-18(14)27-20(22)21-19(23)17-12-25-15-6-4-5-7-16(15)26-17/h4-9,11,17H,3,10,12H2,1-2H3/t17-/m0/s1. The predicted molar refractivity (Wildman–Crippen MR) is 104 cm³/mol. The van der Waals surface area contributed by atoms with E-state index in [1.807, 2.05) is 36.4 Å². The fourth-order valence-electron chi connectivity index (χ4n) is 3.01. The molecule has 0 saturated carbocycles.